The van der Waals surface area contributed by atoms with E-state index in [4.69, 9.17) is 0 Å². The summed E-state index contributed by atoms with van der Waals surface area (Å²) in [4.78, 5) is 4.05. The van der Waals surface area contributed by atoms with Crippen LogP contribution in [0.3, 0.4) is 0 Å². The van der Waals surface area contributed by atoms with Crippen molar-refractivity contribution in [3.63, 3.8) is 0 Å². The molecule has 0 saturated heterocycles. The summed E-state index contributed by atoms with van der Waals surface area (Å²) in [5.74, 6) is -1.74. The molecule has 2 aromatic rings. The van der Waals surface area contributed by atoms with Gasteiger partial charge in [0.1, 0.15) is 23.6 Å². The van der Waals surface area contributed by atoms with Gasteiger partial charge >= 0.3 is 12.5 Å². The SMILES string of the molecule is Fc1cc(CN2C=C3C(=CN=CN3Nc3ccc(OC(F)(F)F)cc3)N2)ccc1C(F)(F)F. The van der Waals surface area contributed by atoms with Crippen molar-refractivity contribution in [2.75, 3.05) is 5.43 Å². The van der Waals surface area contributed by atoms with E-state index in [0.29, 0.717) is 28.7 Å². The number of anilines is 1. The average molecular weight is 473 g/mol. The van der Waals surface area contributed by atoms with Gasteiger partial charge in [0.05, 0.1) is 29.7 Å². The molecule has 33 heavy (non-hydrogen) atoms. The Bertz CT molecular complexity index is 1120. The molecule has 2 aromatic carbocycles. The summed E-state index contributed by atoms with van der Waals surface area (Å²) in [7, 11) is 0. The van der Waals surface area contributed by atoms with Gasteiger partial charge in [0.2, 0.25) is 0 Å². The smallest absolute Gasteiger partial charge is 0.406 e. The summed E-state index contributed by atoms with van der Waals surface area (Å²) in [6, 6.07) is 7.71. The zero-order chi connectivity index (χ0) is 23.8. The predicted molar refractivity (Wildman–Crippen MR) is 103 cm³/mol. The van der Waals surface area contributed by atoms with E-state index in [1.165, 1.54) is 40.8 Å². The summed E-state index contributed by atoms with van der Waals surface area (Å²) < 4.78 is 92.8. The van der Waals surface area contributed by atoms with Gasteiger partial charge in [-0.2, -0.15) is 13.2 Å². The first-order valence-electron chi connectivity index (χ1n) is 9.24. The Balaban J connectivity index is 1.44. The summed E-state index contributed by atoms with van der Waals surface area (Å²) >= 11 is 0. The van der Waals surface area contributed by atoms with E-state index in [1.807, 2.05) is 0 Å². The highest BCUT2D eigenvalue weighted by atomic mass is 19.4. The van der Waals surface area contributed by atoms with Crippen molar-refractivity contribution in [1.29, 1.82) is 0 Å². The van der Waals surface area contributed by atoms with Crippen molar-refractivity contribution in [1.82, 2.24) is 15.4 Å². The molecular formula is C20H14F7N5O. The Morgan fingerprint density at radius 1 is 1.00 bits per heavy atom. The highest BCUT2D eigenvalue weighted by Gasteiger charge is 2.34. The maximum absolute atomic E-state index is 13.8. The third-order valence-corrected chi connectivity index (χ3v) is 4.49. The molecule has 0 saturated carbocycles. The van der Waals surface area contributed by atoms with Gasteiger partial charge in [-0.05, 0) is 42.0 Å². The van der Waals surface area contributed by atoms with Gasteiger partial charge in [-0.3, -0.25) is 15.9 Å². The van der Waals surface area contributed by atoms with Crippen LogP contribution in [0.15, 0.2) is 71.3 Å². The molecule has 0 spiro atoms. The molecule has 4 rings (SSSR count). The van der Waals surface area contributed by atoms with Crippen LogP contribution in [0, 0.1) is 5.82 Å². The lowest BCUT2D eigenvalue weighted by Crippen LogP contribution is -2.32. The second-order valence-electron chi connectivity index (χ2n) is 6.93. The van der Waals surface area contributed by atoms with E-state index in [9.17, 15) is 30.7 Å². The fourth-order valence-corrected chi connectivity index (χ4v) is 3.11. The average Bonchev–Trinajstić information content (AvgIpc) is 3.11. The van der Waals surface area contributed by atoms with Crippen LogP contribution in [0.5, 0.6) is 5.75 Å². The van der Waals surface area contributed by atoms with E-state index in [1.54, 1.807) is 6.20 Å². The standard InChI is InChI=1S/C20H14F7N5O/c21-16-7-12(1-6-15(16)19(22,23)24)9-31-10-18-17(30-31)8-28-11-32(18)29-13-2-4-14(5-3-13)33-20(25,26)27/h1-8,10-11,29-30H,9H2. The van der Waals surface area contributed by atoms with Crippen molar-refractivity contribution in [2.45, 2.75) is 19.1 Å². The van der Waals surface area contributed by atoms with Gasteiger partial charge in [0, 0.05) is 6.20 Å². The molecule has 0 aliphatic carbocycles. The lowest BCUT2D eigenvalue weighted by molar-refractivity contribution is -0.274. The minimum absolute atomic E-state index is 0.0488. The molecule has 0 atom stereocenters. The van der Waals surface area contributed by atoms with Gasteiger partial charge in [0.15, 0.2) is 0 Å². The van der Waals surface area contributed by atoms with Crippen LogP contribution in [0.1, 0.15) is 11.1 Å². The maximum atomic E-state index is 13.8. The number of aliphatic imine (C=N–C) groups is 1. The minimum Gasteiger partial charge on any atom is -0.406 e. The van der Waals surface area contributed by atoms with Crippen molar-refractivity contribution in [3.05, 3.63) is 83.2 Å². The van der Waals surface area contributed by atoms with Gasteiger partial charge in [0.25, 0.3) is 0 Å². The number of nitrogens with one attached hydrogen (secondary N) is 2. The number of hydrogen-bond acceptors (Lipinski definition) is 6. The Hall–Kier alpha value is -3.90. The second kappa shape index (κ2) is 8.22. The van der Waals surface area contributed by atoms with Crippen LogP contribution in [0.25, 0.3) is 0 Å². The normalized spacial score (nSPS) is 15.6. The second-order valence-corrected chi connectivity index (χ2v) is 6.93. The predicted octanol–water partition coefficient (Wildman–Crippen LogP) is 5.12. The third kappa shape index (κ3) is 5.30. The molecule has 2 N–H and O–H groups in total. The van der Waals surface area contributed by atoms with Crippen molar-refractivity contribution in [3.8, 4) is 5.75 Å². The number of rotatable bonds is 5. The van der Waals surface area contributed by atoms with E-state index in [-0.39, 0.29) is 12.3 Å². The van der Waals surface area contributed by atoms with Gasteiger partial charge in [-0.15, -0.1) is 13.2 Å². The lowest BCUT2D eigenvalue weighted by atomic mass is 10.1. The zero-order valence-corrected chi connectivity index (χ0v) is 16.4. The first-order chi connectivity index (χ1) is 15.5. The third-order valence-electron chi connectivity index (χ3n) is 4.49. The molecular weight excluding hydrogens is 459 g/mol. The Labute approximate surface area is 182 Å². The van der Waals surface area contributed by atoms with Crippen LogP contribution in [0.4, 0.5) is 36.4 Å². The van der Waals surface area contributed by atoms with Gasteiger partial charge in [-0.25, -0.2) is 14.4 Å². The van der Waals surface area contributed by atoms with Crippen molar-refractivity contribution >= 4 is 12.0 Å². The summed E-state index contributed by atoms with van der Waals surface area (Å²) in [5.41, 5.74) is 6.40. The molecule has 0 radical (unpaired) electrons. The highest BCUT2D eigenvalue weighted by Crippen LogP contribution is 2.32. The maximum Gasteiger partial charge on any atom is 0.573 e. The number of hydrazine groups is 2. The molecule has 13 heteroatoms. The molecule has 174 valence electrons. The monoisotopic (exact) mass is 473 g/mol. The van der Waals surface area contributed by atoms with Gasteiger partial charge in [-0.1, -0.05) is 6.07 Å². The molecule has 0 bridgehead atoms. The first-order valence-corrected chi connectivity index (χ1v) is 9.24. The van der Waals surface area contributed by atoms with Crippen LogP contribution in [0.2, 0.25) is 0 Å². The minimum atomic E-state index is -4.80. The number of alkyl halides is 6. The van der Waals surface area contributed by atoms with E-state index < -0.39 is 23.9 Å². The fraction of sp³-hybridized carbons (Fsp3) is 0.150. The summed E-state index contributed by atoms with van der Waals surface area (Å²) in [6.07, 6.45) is -5.05. The van der Waals surface area contributed by atoms with Crippen LogP contribution < -0.4 is 15.6 Å². The lowest BCUT2D eigenvalue weighted by Gasteiger charge is -2.24. The van der Waals surface area contributed by atoms with Crippen molar-refractivity contribution in [2.24, 2.45) is 4.99 Å². The first kappa shape index (κ1) is 22.3. The van der Waals surface area contributed by atoms with Crippen molar-refractivity contribution < 1.29 is 35.5 Å². The Kier molecular flexibility index (Phi) is 5.56. The van der Waals surface area contributed by atoms with Crippen LogP contribution >= 0.6 is 0 Å². The molecule has 0 fully saturated rings. The summed E-state index contributed by atoms with van der Waals surface area (Å²) in [6.45, 7) is 0.0488. The molecule has 0 amide bonds. The highest BCUT2D eigenvalue weighted by molar-refractivity contribution is 5.67. The topological polar surface area (TPSA) is 52.1 Å². The molecule has 2 aliphatic rings. The van der Waals surface area contributed by atoms with Crippen LogP contribution in [-0.4, -0.2) is 22.7 Å². The quantitative estimate of drug-likeness (QED) is 0.591. The Morgan fingerprint density at radius 3 is 2.36 bits per heavy atom. The van der Waals surface area contributed by atoms with Gasteiger partial charge < -0.3 is 4.74 Å². The number of benzene rings is 2. The largest absolute Gasteiger partial charge is 0.573 e. The van der Waals surface area contributed by atoms with E-state index in [0.717, 1.165) is 18.2 Å². The van der Waals surface area contributed by atoms with E-state index in [2.05, 4.69) is 20.6 Å². The molecule has 6 nitrogen and oxygen atoms in total. The Morgan fingerprint density at radius 2 is 1.73 bits per heavy atom. The molecule has 0 unspecified atom stereocenters. The number of fused-ring (bicyclic) bond motifs is 1. The molecule has 2 heterocycles. The molecule has 2 aliphatic heterocycles. The number of hydrogen-bond donors (Lipinski definition) is 2. The molecule has 0 aromatic heterocycles. The summed E-state index contributed by atoms with van der Waals surface area (Å²) in [5, 5.41) is 3.00. The van der Waals surface area contributed by atoms with E-state index >= 15 is 0 Å². The van der Waals surface area contributed by atoms with Crippen LogP contribution in [-0.2, 0) is 12.7 Å². The number of nitrogens with zero attached hydrogens (tertiary/aromatic N) is 3. The fourth-order valence-electron chi connectivity index (χ4n) is 3.11. The number of ether oxygens (including phenoxy) is 1. The zero-order valence-electron chi connectivity index (χ0n) is 16.4. The number of halogens is 7.